The van der Waals surface area contributed by atoms with Gasteiger partial charge in [0, 0.05) is 44.3 Å². The number of fused-ring (bicyclic) bond motifs is 1. The maximum absolute atomic E-state index is 14.1. The van der Waals surface area contributed by atoms with Crippen molar-refractivity contribution in [2.75, 3.05) is 40.3 Å². The van der Waals surface area contributed by atoms with Crippen LogP contribution in [0.2, 0.25) is 0 Å². The molecule has 1 aromatic heterocycles. The second-order valence-corrected chi connectivity index (χ2v) is 13.5. The molecule has 1 heterocycles. The molecule has 3 N–H and O–H groups in total. The number of likely N-dealkylation sites (N-methyl/N-ethyl adjacent to an activating group) is 1. The van der Waals surface area contributed by atoms with Crippen molar-refractivity contribution >= 4 is 32.8 Å². The third-order valence-corrected chi connectivity index (χ3v) is 8.74. The Hall–Kier alpha value is -3.25. The van der Waals surface area contributed by atoms with Gasteiger partial charge in [0.25, 0.3) is 0 Å². The van der Waals surface area contributed by atoms with E-state index in [1.165, 1.54) is 16.6 Å². The molecule has 2 amide bonds. The highest BCUT2D eigenvalue weighted by Gasteiger charge is 2.43. The molecule has 0 aliphatic rings. The number of amides is 2. The minimum absolute atomic E-state index is 0.0263. The van der Waals surface area contributed by atoms with Gasteiger partial charge < -0.3 is 25.1 Å². The van der Waals surface area contributed by atoms with E-state index in [0.717, 1.165) is 5.56 Å². The van der Waals surface area contributed by atoms with Crippen LogP contribution < -0.4 is 10.6 Å². The van der Waals surface area contributed by atoms with Gasteiger partial charge in [-0.15, -0.1) is 0 Å². The fourth-order valence-electron chi connectivity index (χ4n) is 4.77. The molecule has 0 bridgehead atoms. The van der Waals surface area contributed by atoms with Crippen LogP contribution >= 0.6 is 0 Å². The summed E-state index contributed by atoms with van der Waals surface area (Å²) in [6, 6.07) is 15.5. The zero-order valence-electron chi connectivity index (χ0n) is 25.2. The summed E-state index contributed by atoms with van der Waals surface area (Å²) in [6.45, 7) is 6.43. The van der Waals surface area contributed by atoms with Crippen molar-refractivity contribution in [3.05, 3.63) is 66.4 Å². The third-order valence-electron chi connectivity index (χ3n) is 6.83. The Morgan fingerprint density at radius 3 is 2.38 bits per heavy atom. The number of aliphatic hydroxyl groups is 1. The summed E-state index contributed by atoms with van der Waals surface area (Å²) in [5, 5.41) is 18.5. The second kappa shape index (κ2) is 14.8. The number of carbonyl (C=O) groups is 2. The Morgan fingerprint density at radius 2 is 1.71 bits per heavy atom. The number of hydrogen-bond acceptors (Lipinski definition) is 7. The summed E-state index contributed by atoms with van der Waals surface area (Å²) in [7, 11) is -0.539. The second-order valence-electron chi connectivity index (χ2n) is 11.6. The van der Waals surface area contributed by atoms with Crippen LogP contribution in [-0.2, 0) is 26.0 Å². The van der Waals surface area contributed by atoms with Gasteiger partial charge in [0.2, 0.25) is 21.8 Å². The predicted octanol–water partition coefficient (Wildman–Crippen LogP) is 3.22. The Labute approximate surface area is 249 Å². The number of benzene rings is 2. The molecular formula is C31H44N4O6S. The van der Waals surface area contributed by atoms with Crippen LogP contribution in [0.3, 0.4) is 0 Å². The van der Waals surface area contributed by atoms with E-state index in [4.69, 9.17) is 4.42 Å². The quantitative estimate of drug-likeness (QED) is 0.215. The molecule has 2 aromatic carbocycles. The van der Waals surface area contributed by atoms with E-state index in [-0.39, 0.29) is 67.4 Å². The molecule has 10 nitrogen and oxygen atoms in total. The molecule has 0 saturated heterocycles. The number of sulfonamides is 1. The lowest BCUT2D eigenvalue weighted by atomic mass is 9.98. The topological polar surface area (TPSA) is 132 Å². The Morgan fingerprint density at radius 1 is 1.00 bits per heavy atom. The largest absolute Gasteiger partial charge is 0.464 e. The highest BCUT2D eigenvalue weighted by molar-refractivity contribution is 7.89. The summed E-state index contributed by atoms with van der Waals surface area (Å²) in [5.74, 6) is -0.542. The zero-order chi connectivity index (χ0) is 30.9. The van der Waals surface area contributed by atoms with E-state index in [0.29, 0.717) is 17.5 Å². The lowest BCUT2D eigenvalue weighted by Crippen LogP contribution is -2.55. The molecule has 42 heavy (non-hydrogen) atoms. The highest BCUT2D eigenvalue weighted by Crippen LogP contribution is 2.31. The van der Waals surface area contributed by atoms with Crippen molar-refractivity contribution < 1.29 is 27.5 Å². The molecule has 3 aromatic rings. The molecule has 2 unspecified atom stereocenters. The van der Waals surface area contributed by atoms with E-state index < -0.39 is 15.7 Å². The first-order valence-electron chi connectivity index (χ1n) is 14.2. The van der Waals surface area contributed by atoms with Crippen molar-refractivity contribution in [2.45, 2.75) is 50.7 Å². The van der Waals surface area contributed by atoms with Crippen LogP contribution in [0.1, 0.15) is 39.2 Å². The molecule has 0 aliphatic heterocycles. The highest BCUT2D eigenvalue weighted by atomic mass is 32.2. The van der Waals surface area contributed by atoms with E-state index in [1.807, 2.05) is 51.1 Å². The third kappa shape index (κ3) is 9.38. The first-order valence-corrected chi connectivity index (χ1v) is 15.7. The van der Waals surface area contributed by atoms with Gasteiger partial charge in [-0.25, -0.2) is 8.42 Å². The summed E-state index contributed by atoms with van der Waals surface area (Å²) in [4.78, 5) is 26.5. The summed E-state index contributed by atoms with van der Waals surface area (Å²) < 4.78 is 34.8. The molecule has 0 aliphatic carbocycles. The number of hydrogen-bond donors (Lipinski definition) is 3. The Balaban J connectivity index is 1.79. The molecule has 230 valence electrons. The summed E-state index contributed by atoms with van der Waals surface area (Å²) in [6.07, 6.45) is 1.69. The first-order chi connectivity index (χ1) is 19.8. The molecule has 0 radical (unpaired) electrons. The Bertz CT molecular complexity index is 1420. The van der Waals surface area contributed by atoms with Crippen LogP contribution in [0, 0.1) is 11.8 Å². The zero-order valence-corrected chi connectivity index (χ0v) is 26.0. The van der Waals surface area contributed by atoms with Crippen LogP contribution in [0.15, 0.2) is 70.2 Å². The van der Waals surface area contributed by atoms with Gasteiger partial charge in [-0.2, -0.15) is 4.31 Å². The molecule has 3 rings (SSSR count). The van der Waals surface area contributed by atoms with Crippen LogP contribution in [0.4, 0.5) is 0 Å². The smallest absolute Gasteiger partial charge is 0.245 e. The summed E-state index contributed by atoms with van der Waals surface area (Å²) in [5.41, 5.74) is -0.490. The first kappa shape index (κ1) is 33.3. The van der Waals surface area contributed by atoms with Crippen LogP contribution in [-0.4, -0.2) is 80.5 Å². The summed E-state index contributed by atoms with van der Waals surface area (Å²) >= 11 is 0. The maximum atomic E-state index is 14.1. The average Bonchev–Trinajstić information content (AvgIpc) is 3.39. The fraction of sp³-hybridized carbons (Fsp3) is 0.484. The van der Waals surface area contributed by atoms with Gasteiger partial charge in [-0.3, -0.25) is 9.59 Å². The molecule has 2 atom stereocenters. The molecule has 0 fully saturated rings. The minimum Gasteiger partial charge on any atom is -0.464 e. The molecular weight excluding hydrogens is 556 g/mol. The maximum Gasteiger partial charge on any atom is 0.245 e. The van der Waals surface area contributed by atoms with Gasteiger partial charge in [-0.05, 0) is 55.8 Å². The fourth-order valence-corrected chi connectivity index (χ4v) is 6.64. The van der Waals surface area contributed by atoms with Gasteiger partial charge >= 0.3 is 0 Å². The van der Waals surface area contributed by atoms with Gasteiger partial charge in [0.15, 0.2) is 0 Å². The number of nitrogens with zero attached hydrogens (tertiary/aromatic N) is 2. The molecule has 11 heteroatoms. The number of rotatable bonds is 16. The van der Waals surface area contributed by atoms with Gasteiger partial charge in [0.1, 0.15) is 11.3 Å². The Kier molecular flexibility index (Phi) is 11.7. The predicted molar refractivity (Wildman–Crippen MR) is 163 cm³/mol. The van der Waals surface area contributed by atoms with E-state index >= 15 is 0 Å². The minimum atomic E-state index is -4.15. The number of carbonyl (C=O) groups excluding carboxylic acids is 2. The van der Waals surface area contributed by atoms with Crippen molar-refractivity contribution in [1.29, 1.82) is 0 Å². The van der Waals surface area contributed by atoms with Crippen molar-refractivity contribution in [2.24, 2.45) is 11.8 Å². The van der Waals surface area contributed by atoms with Crippen molar-refractivity contribution in [3.63, 3.8) is 0 Å². The standard InChI is InChI=1S/C31H44N4O6S/c1-23(2)21-35(42(39,40)27-11-12-28-26(18-27)13-16-41-28)31(38,19-25-9-7-6-8-10-25)14-15-32-29(36)17-24(3)20-33-30(37)22-34(4)5/h6-13,16,18,23-24,38H,14-15,17,19-22H2,1-5H3,(H,32,36)(H,33,37). The number of nitrogens with one attached hydrogen (secondary N) is 2. The normalized spacial score (nSPS) is 14.3. The lowest BCUT2D eigenvalue weighted by molar-refractivity contribution is -0.124. The average molecular weight is 601 g/mol. The van der Waals surface area contributed by atoms with E-state index in [2.05, 4.69) is 10.6 Å². The molecule has 0 spiro atoms. The number of furan rings is 1. The molecule has 0 saturated carbocycles. The van der Waals surface area contributed by atoms with Crippen molar-refractivity contribution in [3.8, 4) is 0 Å². The van der Waals surface area contributed by atoms with E-state index in [1.54, 1.807) is 37.2 Å². The van der Waals surface area contributed by atoms with Crippen LogP contribution in [0.25, 0.3) is 11.0 Å². The van der Waals surface area contributed by atoms with Crippen molar-refractivity contribution in [1.82, 2.24) is 19.8 Å². The van der Waals surface area contributed by atoms with Gasteiger partial charge in [-0.1, -0.05) is 51.1 Å². The lowest BCUT2D eigenvalue weighted by Gasteiger charge is -2.40. The van der Waals surface area contributed by atoms with Gasteiger partial charge in [0.05, 0.1) is 17.7 Å². The van der Waals surface area contributed by atoms with Crippen LogP contribution in [0.5, 0.6) is 0 Å². The monoisotopic (exact) mass is 600 g/mol. The van der Waals surface area contributed by atoms with E-state index in [9.17, 15) is 23.1 Å². The SMILES string of the molecule is CC(C)CN(C(O)(CCNC(=O)CC(C)CNC(=O)CN(C)C)Cc1ccccc1)S(=O)(=O)c1ccc2occc2c1.